The molecule has 2 rings (SSSR count). The van der Waals surface area contributed by atoms with Crippen LogP contribution in [0.2, 0.25) is 0 Å². The molecule has 0 fully saturated rings. The van der Waals surface area contributed by atoms with Crippen LogP contribution in [0.15, 0.2) is 21.7 Å². The van der Waals surface area contributed by atoms with Gasteiger partial charge >= 0.3 is 5.69 Å². The van der Waals surface area contributed by atoms with Gasteiger partial charge < -0.3 is 9.88 Å². The average molecular weight is 374 g/mol. The van der Waals surface area contributed by atoms with Gasteiger partial charge in [0.25, 0.3) is 5.43 Å². The normalized spacial score (nSPS) is 10.6. The first kappa shape index (κ1) is 15.6. The predicted octanol–water partition coefficient (Wildman–Crippen LogP) is 2.24. The van der Waals surface area contributed by atoms with E-state index in [2.05, 4.69) is 31.4 Å². The van der Waals surface area contributed by atoms with E-state index >= 15 is 0 Å². The molecule has 2 aromatic heterocycles. The molecule has 0 amide bonds. The van der Waals surface area contributed by atoms with E-state index in [1.165, 1.54) is 28.3 Å². The molecular formula is C11H12BrN5O3S. The molecule has 1 N–H and O–H groups in total. The van der Waals surface area contributed by atoms with Gasteiger partial charge in [-0.2, -0.15) is 0 Å². The lowest BCUT2D eigenvalue weighted by molar-refractivity contribution is -0.386. The lowest BCUT2D eigenvalue weighted by Crippen LogP contribution is -2.13. The Morgan fingerprint density at radius 3 is 2.90 bits per heavy atom. The van der Waals surface area contributed by atoms with Crippen LogP contribution >= 0.6 is 27.3 Å². The molecule has 0 saturated heterocycles. The summed E-state index contributed by atoms with van der Waals surface area (Å²) in [6, 6.07) is 0. The highest BCUT2D eigenvalue weighted by Gasteiger charge is 2.16. The summed E-state index contributed by atoms with van der Waals surface area (Å²) in [5.74, 6) is 0. The Bertz CT molecular complexity index is 714. The summed E-state index contributed by atoms with van der Waals surface area (Å²) >= 11 is 4.41. The van der Waals surface area contributed by atoms with Crippen LogP contribution in [0, 0.1) is 10.1 Å². The van der Waals surface area contributed by atoms with Crippen LogP contribution in [0.3, 0.4) is 0 Å². The van der Waals surface area contributed by atoms with E-state index in [1.54, 1.807) is 0 Å². The van der Waals surface area contributed by atoms with Crippen LogP contribution in [-0.2, 0) is 6.54 Å². The van der Waals surface area contributed by atoms with E-state index in [-0.39, 0.29) is 4.47 Å². The highest BCUT2D eigenvalue weighted by molar-refractivity contribution is 9.10. The van der Waals surface area contributed by atoms with Crippen LogP contribution in [0.4, 0.5) is 10.8 Å². The molecular weight excluding hydrogens is 362 g/mol. The summed E-state index contributed by atoms with van der Waals surface area (Å²) in [5, 5.41) is 23.4. The number of anilines is 1. The second-order valence-electron chi connectivity index (χ2n) is 4.18. The van der Waals surface area contributed by atoms with Gasteiger partial charge in [-0.05, 0) is 22.4 Å². The zero-order chi connectivity index (χ0) is 15.4. The minimum Gasteiger partial charge on any atom is -0.360 e. The SMILES string of the molecule is CCCNc1nnc(Cn2cc(Br)c(=O)c([N+](=O)[O-])c2)s1. The van der Waals surface area contributed by atoms with Gasteiger partial charge in [0, 0.05) is 12.7 Å². The van der Waals surface area contributed by atoms with Gasteiger partial charge in [0.2, 0.25) is 5.13 Å². The van der Waals surface area contributed by atoms with Crippen molar-refractivity contribution in [1.82, 2.24) is 14.8 Å². The number of rotatable bonds is 6. The lowest BCUT2D eigenvalue weighted by Gasteiger charge is -2.03. The molecule has 0 unspecified atom stereocenters. The van der Waals surface area contributed by atoms with Crippen molar-refractivity contribution in [2.24, 2.45) is 0 Å². The fourth-order valence-corrected chi connectivity index (χ4v) is 2.82. The van der Waals surface area contributed by atoms with E-state index in [0.717, 1.165) is 13.0 Å². The first-order valence-corrected chi connectivity index (χ1v) is 7.72. The summed E-state index contributed by atoms with van der Waals surface area (Å²) in [6.07, 6.45) is 3.68. The fraction of sp³-hybridized carbons (Fsp3) is 0.364. The lowest BCUT2D eigenvalue weighted by atomic mass is 10.4. The number of hydrogen-bond donors (Lipinski definition) is 1. The van der Waals surface area contributed by atoms with Crippen molar-refractivity contribution in [3.63, 3.8) is 0 Å². The Balaban J connectivity index is 2.21. The number of halogens is 1. The molecule has 0 radical (unpaired) electrons. The van der Waals surface area contributed by atoms with Gasteiger partial charge in [0.15, 0.2) is 0 Å². The number of pyridine rings is 1. The molecule has 0 bridgehead atoms. The predicted molar refractivity (Wildman–Crippen MR) is 82.8 cm³/mol. The zero-order valence-electron chi connectivity index (χ0n) is 11.1. The zero-order valence-corrected chi connectivity index (χ0v) is 13.5. The van der Waals surface area contributed by atoms with Crippen molar-refractivity contribution in [3.05, 3.63) is 42.2 Å². The number of nitro groups is 1. The smallest absolute Gasteiger partial charge is 0.333 e. The molecule has 0 aliphatic carbocycles. The molecule has 0 spiro atoms. The average Bonchev–Trinajstić information content (AvgIpc) is 2.87. The summed E-state index contributed by atoms with van der Waals surface area (Å²) in [6.45, 7) is 3.17. The monoisotopic (exact) mass is 373 g/mol. The first-order chi connectivity index (χ1) is 10.0. The van der Waals surface area contributed by atoms with Crippen molar-refractivity contribution < 1.29 is 4.92 Å². The maximum absolute atomic E-state index is 11.6. The van der Waals surface area contributed by atoms with Crippen molar-refractivity contribution in [1.29, 1.82) is 0 Å². The molecule has 0 aliphatic rings. The molecule has 8 nitrogen and oxygen atoms in total. The Hall–Kier alpha value is -1.81. The highest BCUT2D eigenvalue weighted by atomic mass is 79.9. The van der Waals surface area contributed by atoms with E-state index in [4.69, 9.17) is 0 Å². The summed E-state index contributed by atoms with van der Waals surface area (Å²) in [7, 11) is 0. The van der Waals surface area contributed by atoms with Gasteiger partial charge in [-0.25, -0.2) is 0 Å². The molecule has 10 heteroatoms. The maximum atomic E-state index is 11.6. The van der Waals surface area contributed by atoms with Gasteiger partial charge in [-0.1, -0.05) is 18.3 Å². The topological polar surface area (TPSA) is 103 Å². The minimum absolute atomic E-state index is 0.144. The van der Waals surface area contributed by atoms with E-state index in [9.17, 15) is 14.9 Å². The first-order valence-electron chi connectivity index (χ1n) is 6.11. The van der Waals surface area contributed by atoms with Crippen LogP contribution < -0.4 is 10.7 Å². The van der Waals surface area contributed by atoms with Gasteiger partial charge in [-0.3, -0.25) is 14.9 Å². The second-order valence-corrected chi connectivity index (χ2v) is 6.09. The standard InChI is InChI=1S/C11H12BrN5O3S/c1-2-3-13-11-15-14-9(21-11)6-16-4-7(12)10(18)8(5-16)17(19)20/h4-5H,2-3,6H2,1H3,(H,13,15). The van der Waals surface area contributed by atoms with E-state index in [1.807, 2.05) is 6.92 Å². The molecule has 0 saturated carbocycles. The molecule has 21 heavy (non-hydrogen) atoms. The Morgan fingerprint density at radius 2 is 2.24 bits per heavy atom. The van der Waals surface area contributed by atoms with Crippen molar-refractivity contribution >= 4 is 38.1 Å². The Kier molecular flexibility index (Phi) is 5.02. The van der Waals surface area contributed by atoms with Crippen molar-refractivity contribution in [2.45, 2.75) is 19.9 Å². The molecule has 112 valence electrons. The van der Waals surface area contributed by atoms with Crippen molar-refractivity contribution in [2.75, 3.05) is 11.9 Å². The summed E-state index contributed by atoms with van der Waals surface area (Å²) in [4.78, 5) is 21.7. The van der Waals surface area contributed by atoms with Gasteiger partial charge in [0.1, 0.15) is 5.01 Å². The maximum Gasteiger partial charge on any atom is 0.333 e. The number of nitrogens with zero attached hydrogens (tertiary/aromatic N) is 4. The molecule has 0 aliphatic heterocycles. The number of hydrogen-bond acceptors (Lipinski definition) is 7. The van der Waals surface area contributed by atoms with Gasteiger partial charge in [0.05, 0.1) is 22.1 Å². The highest BCUT2D eigenvalue weighted by Crippen LogP contribution is 2.18. The largest absolute Gasteiger partial charge is 0.360 e. The van der Waals surface area contributed by atoms with E-state index in [0.29, 0.717) is 16.7 Å². The van der Waals surface area contributed by atoms with Crippen LogP contribution in [0.5, 0.6) is 0 Å². The third-order valence-corrected chi connectivity index (χ3v) is 3.96. The van der Waals surface area contributed by atoms with Crippen molar-refractivity contribution in [3.8, 4) is 0 Å². The fourth-order valence-electron chi connectivity index (χ4n) is 1.58. The van der Waals surface area contributed by atoms with Crippen LogP contribution in [-0.4, -0.2) is 26.2 Å². The third-order valence-electron chi connectivity index (χ3n) is 2.52. The molecule has 2 heterocycles. The minimum atomic E-state index is -0.697. The van der Waals surface area contributed by atoms with Gasteiger partial charge in [-0.15, -0.1) is 10.2 Å². The Morgan fingerprint density at radius 1 is 1.48 bits per heavy atom. The number of nitrogens with one attached hydrogen (secondary N) is 1. The Labute approximate surface area is 132 Å². The molecule has 0 atom stereocenters. The quantitative estimate of drug-likeness (QED) is 0.615. The second kappa shape index (κ2) is 6.76. The molecule has 2 aromatic rings. The number of aromatic nitrogens is 3. The molecule has 0 aromatic carbocycles. The summed E-state index contributed by atoms with van der Waals surface area (Å²) < 4.78 is 1.68. The third kappa shape index (κ3) is 3.85. The summed E-state index contributed by atoms with van der Waals surface area (Å²) in [5.41, 5.74) is -1.11. The van der Waals surface area contributed by atoms with Crippen LogP contribution in [0.1, 0.15) is 18.4 Å². The van der Waals surface area contributed by atoms with Crippen LogP contribution in [0.25, 0.3) is 0 Å². The van der Waals surface area contributed by atoms with E-state index < -0.39 is 16.0 Å².